The SMILES string of the molecule is c1ccc(-c2cccc(-c3ccccc3)c2N2c3ccccc3B3c4ccc([Si](c5ccccc5)(c5ccccc5)c5ccccc5)cc4N(c4cccc([Si](c5ccccc5)(c5ccccc5)c5ccccc5)c4)c4cc(-n5c6ccccc6c6ccccc65)cc2c43)cc1. The first-order valence-electron chi connectivity index (χ1n) is 33.4. The van der Waals surface area contributed by atoms with Gasteiger partial charge in [-0.05, 0) is 118 Å². The highest BCUT2D eigenvalue weighted by molar-refractivity contribution is 7.20. The zero-order valence-electron chi connectivity index (χ0n) is 52.9. The van der Waals surface area contributed by atoms with Gasteiger partial charge in [0.15, 0.2) is 16.1 Å². The van der Waals surface area contributed by atoms with Crippen LogP contribution in [0.1, 0.15) is 0 Å². The monoisotopic (exact) mass is 1250 g/mol. The molecule has 2 aliphatic rings. The van der Waals surface area contributed by atoms with E-state index in [-0.39, 0.29) is 6.71 Å². The number of benzene rings is 15. The summed E-state index contributed by atoms with van der Waals surface area (Å²) in [6.07, 6.45) is 0. The molecule has 0 amide bonds. The Bertz CT molecular complexity index is 5240. The first-order valence-corrected chi connectivity index (χ1v) is 37.4. The number of anilines is 6. The van der Waals surface area contributed by atoms with Gasteiger partial charge in [-0.1, -0.05) is 340 Å². The molecule has 0 atom stereocenters. The van der Waals surface area contributed by atoms with Crippen molar-refractivity contribution in [3.8, 4) is 27.9 Å². The van der Waals surface area contributed by atoms with Gasteiger partial charge in [0, 0.05) is 50.3 Å². The first-order chi connectivity index (χ1) is 47.7. The molecule has 0 bridgehead atoms. The zero-order valence-corrected chi connectivity index (χ0v) is 54.9. The third-order valence-electron chi connectivity index (χ3n) is 20.4. The van der Waals surface area contributed by atoms with E-state index in [1.54, 1.807) is 0 Å². The minimum Gasteiger partial charge on any atom is -0.311 e. The van der Waals surface area contributed by atoms with E-state index in [2.05, 4.69) is 403 Å². The maximum absolute atomic E-state index is 3.14. The average Bonchev–Trinajstić information content (AvgIpc) is 0.762. The van der Waals surface area contributed by atoms with Gasteiger partial charge in [-0.2, -0.15) is 0 Å². The molecule has 16 aromatic rings. The Morgan fingerprint density at radius 1 is 0.229 bits per heavy atom. The van der Waals surface area contributed by atoms with Gasteiger partial charge in [-0.15, -0.1) is 0 Å². The Balaban J connectivity index is 1.01. The molecule has 18 rings (SSSR count). The van der Waals surface area contributed by atoms with Crippen LogP contribution in [0.25, 0.3) is 49.7 Å². The number of fused-ring (bicyclic) bond motifs is 7. The maximum Gasteiger partial charge on any atom is 0.252 e. The highest BCUT2D eigenvalue weighted by Crippen LogP contribution is 2.51. The Hall–Kier alpha value is -11.8. The first kappa shape index (κ1) is 56.9. The van der Waals surface area contributed by atoms with Gasteiger partial charge in [-0.25, -0.2) is 0 Å². The van der Waals surface area contributed by atoms with E-state index in [1.807, 2.05) is 0 Å². The van der Waals surface area contributed by atoms with Crippen LogP contribution in [0.15, 0.2) is 388 Å². The van der Waals surface area contributed by atoms with Gasteiger partial charge in [0.2, 0.25) is 0 Å². The summed E-state index contributed by atoms with van der Waals surface area (Å²) >= 11 is 0. The maximum atomic E-state index is 2.70. The van der Waals surface area contributed by atoms with Crippen molar-refractivity contribution in [3.63, 3.8) is 0 Å². The molecule has 1 aromatic heterocycles. The molecule has 2 aliphatic heterocycles. The highest BCUT2D eigenvalue weighted by Gasteiger charge is 2.48. The molecule has 15 aromatic carbocycles. The van der Waals surface area contributed by atoms with E-state index in [1.165, 1.54) is 68.7 Å². The fraction of sp³-hybridized carbons (Fsp3) is 0. The van der Waals surface area contributed by atoms with Crippen molar-refractivity contribution in [2.24, 2.45) is 0 Å². The summed E-state index contributed by atoms with van der Waals surface area (Å²) < 4.78 is 2.53. The van der Waals surface area contributed by atoms with E-state index in [4.69, 9.17) is 0 Å². The molecule has 0 saturated heterocycles. The molecule has 0 spiro atoms. The van der Waals surface area contributed by atoms with E-state index < -0.39 is 16.1 Å². The summed E-state index contributed by atoms with van der Waals surface area (Å²) in [4.78, 5) is 5.35. The van der Waals surface area contributed by atoms with E-state index in [9.17, 15) is 0 Å². The zero-order chi connectivity index (χ0) is 63.6. The number of rotatable bonds is 13. The van der Waals surface area contributed by atoms with Crippen molar-refractivity contribution in [2.75, 3.05) is 9.80 Å². The minimum absolute atomic E-state index is 0.185. The Morgan fingerprint density at radius 2 is 0.594 bits per heavy atom. The second-order valence-electron chi connectivity index (χ2n) is 25.4. The van der Waals surface area contributed by atoms with Crippen LogP contribution in [0.5, 0.6) is 0 Å². The van der Waals surface area contributed by atoms with Gasteiger partial charge in [0.25, 0.3) is 6.71 Å². The number of hydrogen-bond donors (Lipinski definition) is 0. The molecule has 96 heavy (non-hydrogen) atoms. The number of hydrogen-bond acceptors (Lipinski definition) is 2. The van der Waals surface area contributed by atoms with Gasteiger partial charge < -0.3 is 14.4 Å². The highest BCUT2D eigenvalue weighted by atomic mass is 28.3. The lowest BCUT2D eigenvalue weighted by Gasteiger charge is -2.46. The topological polar surface area (TPSA) is 11.4 Å². The van der Waals surface area contributed by atoms with Crippen molar-refractivity contribution in [1.29, 1.82) is 0 Å². The standard InChI is InChI=1S/C90H64BN3Si2/c1-9-33-65(34-10-1)77-53-32-54-78(66-35-11-2-12-36-66)90(77)94-85-58-30-27-55-81(85)91-82-60-59-76(96(72-44-19-6-20-45-72,73-46-21-7-22-47-73)74-48-23-8-24-49-74)64-86(82)92(87-62-68(63-88(94)89(87)91)93-83-56-28-25-51-79(83)80-52-26-29-57-84(80)93)67-37-31-50-75(61-67)95(69-38-13-3-14-39-69,70-40-15-4-16-41-70)71-42-17-5-18-43-71/h1-64H. The number of para-hydroxylation sites is 4. The molecule has 0 N–H and O–H groups in total. The molecule has 450 valence electrons. The van der Waals surface area contributed by atoms with Gasteiger partial charge in [0.05, 0.1) is 22.4 Å². The summed E-state index contributed by atoms with van der Waals surface area (Å²) in [6, 6.07) is 147. The van der Waals surface area contributed by atoms with Crippen LogP contribution < -0.4 is 67.7 Å². The Morgan fingerprint density at radius 3 is 1.06 bits per heavy atom. The van der Waals surface area contributed by atoms with Crippen LogP contribution >= 0.6 is 0 Å². The predicted octanol–water partition coefficient (Wildman–Crippen LogP) is 15.0. The molecule has 0 fully saturated rings. The van der Waals surface area contributed by atoms with Gasteiger partial charge in [-0.3, -0.25) is 0 Å². The number of aromatic nitrogens is 1. The second kappa shape index (κ2) is 23.6. The van der Waals surface area contributed by atoms with Crippen molar-refractivity contribution < 1.29 is 0 Å². The van der Waals surface area contributed by atoms with Crippen molar-refractivity contribution >= 4 is 137 Å². The molecule has 3 heterocycles. The number of nitrogens with zero attached hydrogens (tertiary/aromatic N) is 3. The third kappa shape index (κ3) is 8.94. The molecule has 6 heteroatoms. The van der Waals surface area contributed by atoms with Gasteiger partial charge in [0.1, 0.15) is 0 Å². The van der Waals surface area contributed by atoms with E-state index >= 15 is 0 Å². The van der Waals surface area contributed by atoms with Crippen LogP contribution in [-0.2, 0) is 0 Å². The predicted molar refractivity (Wildman–Crippen MR) is 413 cm³/mol. The van der Waals surface area contributed by atoms with Crippen LogP contribution in [-0.4, -0.2) is 27.4 Å². The van der Waals surface area contributed by atoms with Crippen molar-refractivity contribution in [1.82, 2.24) is 4.57 Å². The summed E-state index contributed by atoms with van der Waals surface area (Å²) in [5.41, 5.74) is 18.5. The quantitative estimate of drug-likeness (QED) is 0.0842. The lowest BCUT2D eigenvalue weighted by atomic mass is 9.33. The molecule has 0 saturated carbocycles. The van der Waals surface area contributed by atoms with Crippen molar-refractivity contribution in [2.45, 2.75) is 0 Å². The smallest absolute Gasteiger partial charge is 0.252 e. The van der Waals surface area contributed by atoms with Crippen LogP contribution in [0.3, 0.4) is 0 Å². The van der Waals surface area contributed by atoms with Crippen molar-refractivity contribution in [3.05, 3.63) is 388 Å². The Kier molecular flexibility index (Phi) is 14.0. The van der Waals surface area contributed by atoms with E-state index in [0.29, 0.717) is 0 Å². The van der Waals surface area contributed by atoms with Crippen LogP contribution in [0.4, 0.5) is 34.1 Å². The molecule has 0 aliphatic carbocycles. The summed E-state index contributed by atoms with van der Waals surface area (Å²) in [5.74, 6) is 0. The third-order valence-corrected chi connectivity index (χ3v) is 30.0. The largest absolute Gasteiger partial charge is 0.311 e. The summed E-state index contributed by atoms with van der Waals surface area (Å²) in [6.45, 7) is -0.185. The summed E-state index contributed by atoms with van der Waals surface area (Å²) in [7, 11) is -6.23. The fourth-order valence-electron chi connectivity index (χ4n) is 16.5. The second-order valence-corrected chi connectivity index (χ2v) is 33.0. The molecular weight excluding hydrogens is 1190 g/mol. The van der Waals surface area contributed by atoms with E-state index in [0.717, 1.165) is 73.1 Å². The fourth-order valence-corrected chi connectivity index (χ4v) is 26.1. The molecular formula is C90H64BN3Si2. The van der Waals surface area contributed by atoms with Gasteiger partial charge >= 0.3 is 0 Å². The lowest BCUT2D eigenvalue weighted by Crippen LogP contribution is -2.75. The van der Waals surface area contributed by atoms with Crippen LogP contribution in [0, 0.1) is 0 Å². The minimum atomic E-state index is -3.14. The molecule has 3 nitrogen and oxygen atoms in total. The molecule has 0 unspecified atom stereocenters. The lowest BCUT2D eigenvalue weighted by molar-refractivity contribution is 1.16. The Labute approximate surface area is 563 Å². The molecule has 0 radical (unpaired) electrons. The summed E-state index contributed by atoms with van der Waals surface area (Å²) in [5, 5.41) is 13.0. The average molecular weight is 1250 g/mol. The van der Waals surface area contributed by atoms with Crippen LogP contribution in [0.2, 0.25) is 0 Å². The normalized spacial score (nSPS) is 12.5.